The Bertz CT molecular complexity index is 753. The first kappa shape index (κ1) is 19.4. The predicted molar refractivity (Wildman–Crippen MR) is 99.1 cm³/mol. The molecule has 0 aromatic heterocycles. The quantitative estimate of drug-likeness (QED) is 0.679. The van der Waals surface area contributed by atoms with Crippen LogP contribution in [0.5, 0.6) is 0 Å². The second-order valence-corrected chi connectivity index (χ2v) is 6.12. The van der Waals surface area contributed by atoms with Crippen molar-refractivity contribution in [3.63, 3.8) is 0 Å². The average Bonchev–Trinajstić information content (AvgIpc) is 2.66. The zero-order chi connectivity index (χ0) is 18.9. The minimum atomic E-state index is -1.09. The van der Waals surface area contributed by atoms with Crippen molar-refractivity contribution in [3.8, 4) is 0 Å². The molecule has 0 aliphatic rings. The molecule has 2 rings (SSSR count). The molecule has 0 spiro atoms. The number of hydrogen-bond acceptors (Lipinski definition) is 3. The van der Waals surface area contributed by atoms with Crippen molar-refractivity contribution in [1.82, 2.24) is 5.32 Å². The van der Waals surface area contributed by atoms with Crippen molar-refractivity contribution >= 4 is 17.7 Å². The highest BCUT2D eigenvalue weighted by atomic mass is 16.4. The average molecular weight is 353 g/mol. The molecule has 2 aromatic rings. The summed E-state index contributed by atoms with van der Waals surface area (Å²) in [6, 6.07) is 15.4. The van der Waals surface area contributed by atoms with Gasteiger partial charge in [-0.3, -0.25) is 9.59 Å². The van der Waals surface area contributed by atoms with E-state index in [1.165, 1.54) is 0 Å². The summed E-state index contributed by atoms with van der Waals surface area (Å²) < 4.78 is 0. The van der Waals surface area contributed by atoms with E-state index in [2.05, 4.69) is 5.32 Å². The molecule has 0 bridgehead atoms. The molecule has 0 unspecified atom stereocenters. The number of aryl methyl sites for hydroxylation is 1. The SMILES string of the molecule is CCc1ccc(C(=O)CCC(=O)N[C@@H](Cc2ccccc2)C(=O)O)cc1. The van der Waals surface area contributed by atoms with E-state index in [4.69, 9.17) is 0 Å². The second-order valence-electron chi connectivity index (χ2n) is 6.12. The molecule has 5 heteroatoms. The van der Waals surface area contributed by atoms with Crippen molar-refractivity contribution in [1.29, 1.82) is 0 Å². The van der Waals surface area contributed by atoms with Gasteiger partial charge in [0.05, 0.1) is 0 Å². The van der Waals surface area contributed by atoms with Gasteiger partial charge in [0.15, 0.2) is 5.78 Å². The maximum Gasteiger partial charge on any atom is 0.326 e. The van der Waals surface area contributed by atoms with Crippen LogP contribution >= 0.6 is 0 Å². The number of carbonyl (C=O) groups excluding carboxylic acids is 2. The number of aliphatic carboxylic acids is 1. The molecule has 1 atom stereocenters. The largest absolute Gasteiger partial charge is 0.480 e. The smallest absolute Gasteiger partial charge is 0.326 e. The Balaban J connectivity index is 1.87. The predicted octanol–water partition coefficient (Wildman–Crippen LogP) is 3.02. The molecular formula is C21H23NO4. The molecule has 1 amide bonds. The standard InChI is InChI=1S/C21H23NO4/c1-2-15-8-10-17(11-9-15)19(23)12-13-20(24)22-18(21(25)26)14-16-6-4-3-5-7-16/h3-11,18H,2,12-14H2,1H3,(H,22,24)(H,25,26)/t18-/m0/s1. The highest BCUT2D eigenvalue weighted by Crippen LogP contribution is 2.09. The van der Waals surface area contributed by atoms with Crippen LogP contribution in [0.25, 0.3) is 0 Å². The third-order valence-corrected chi connectivity index (χ3v) is 4.18. The number of carboxylic acid groups (broad SMARTS) is 1. The summed E-state index contributed by atoms with van der Waals surface area (Å²) in [6.45, 7) is 2.04. The van der Waals surface area contributed by atoms with Crippen LogP contribution in [0.2, 0.25) is 0 Å². The minimum absolute atomic E-state index is 0.0348. The van der Waals surface area contributed by atoms with Crippen molar-refractivity contribution in [2.45, 2.75) is 38.6 Å². The van der Waals surface area contributed by atoms with Gasteiger partial charge in [0.25, 0.3) is 0 Å². The zero-order valence-electron chi connectivity index (χ0n) is 14.8. The second kappa shape index (κ2) is 9.51. The van der Waals surface area contributed by atoms with E-state index in [9.17, 15) is 19.5 Å². The lowest BCUT2D eigenvalue weighted by atomic mass is 10.0. The summed E-state index contributed by atoms with van der Waals surface area (Å²) in [7, 11) is 0. The van der Waals surface area contributed by atoms with Crippen LogP contribution in [-0.4, -0.2) is 28.8 Å². The van der Waals surface area contributed by atoms with Gasteiger partial charge < -0.3 is 10.4 Å². The highest BCUT2D eigenvalue weighted by molar-refractivity contribution is 5.98. The number of ketones is 1. The van der Waals surface area contributed by atoms with Crippen molar-refractivity contribution < 1.29 is 19.5 Å². The molecule has 0 saturated heterocycles. The molecule has 2 N–H and O–H groups in total. The van der Waals surface area contributed by atoms with Crippen LogP contribution in [0.1, 0.15) is 41.3 Å². The number of Topliss-reactive ketones (excluding diaryl/α,β-unsaturated/α-hetero) is 1. The van der Waals surface area contributed by atoms with E-state index in [-0.39, 0.29) is 25.0 Å². The van der Waals surface area contributed by atoms with Crippen LogP contribution in [0, 0.1) is 0 Å². The summed E-state index contributed by atoms with van der Waals surface area (Å²) in [5.41, 5.74) is 2.53. The number of carboxylic acids is 1. The van der Waals surface area contributed by atoms with Crippen molar-refractivity contribution in [2.75, 3.05) is 0 Å². The van der Waals surface area contributed by atoms with Gasteiger partial charge in [0.2, 0.25) is 5.91 Å². The Morgan fingerprint density at radius 3 is 2.15 bits per heavy atom. The maximum atomic E-state index is 12.2. The van der Waals surface area contributed by atoms with Crippen LogP contribution < -0.4 is 5.32 Å². The van der Waals surface area contributed by atoms with E-state index in [1.54, 1.807) is 12.1 Å². The molecule has 2 aromatic carbocycles. The summed E-state index contributed by atoms with van der Waals surface area (Å²) in [6.07, 6.45) is 1.12. The van der Waals surface area contributed by atoms with Gasteiger partial charge in [-0.2, -0.15) is 0 Å². The molecule has 5 nitrogen and oxygen atoms in total. The van der Waals surface area contributed by atoms with Crippen molar-refractivity contribution in [2.24, 2.45) is 0 Å². The number of carbonyl (C=O) groups is 3. The topological polar surface area (TPSA) is 83.5 Å². The molecule has 0 aliphatic carbocycles. The minimum Gasteiger partial charge on any atom is -0.480 e. The van der Waals surface area contributed by atoms with Gasteiger partial charge >= 0.3 is 5.97 Å². The first-order chi connectivity index (χ1) is 12.5. The summed E-state index contributed by atoms with van der Waals surface area (Å²) >= 11 is 0. The normalized spacial score (nSPS) is 11.6. The lowest BCUT2D eigenvalue weighted by molar-refractivity contribution is -0.141. The first-order valence-electron chi connectivity index (χ1n) is 8.67. The third kappa shape index (κ3) is 5.84. The van der Waals surface area contributed by atoms with Gasteiger partial charge in [-0.1, -0.05) is 61.5 Å². The molecule has 26 heavy (non-hydrogen) atoms. The molecule has 0 heterocycles. The summed E-state index contributed by atoms with van der Waals surface area (Å²) in [5.74, 6) is -1.66. The molecule has 0 saturated carbocycles. The Labute approximate surface area is 153 Å². The number of nitrogens with one attached hydrogen (secondary N) is 1. The van der Waals surface area contributed by atoms with Crippen molar-refractivity contribution in [3.05, 3.63) is 71.3 Å². The van der Waals surface area contributed by atoms with Crippen LogP contribution in [-0.2, 0) is 22.4 Å². The molecular weight excluding hydrogens is 330 g/mol. The number of amides is 1. The van der Waals surface area contributed by atoms with Crippen LogP contribution in [0.15, 0.2) is 54.6 Å². The lowest BCUT2D eigenvalue weighted by Gasteiger charge is -2.14. The fourth-order valence-corrected chi connectivity index (χ4v) is 2.61. The summed E-state index contributed by atoms with van der Waals surface area (Å²) in [4.78, 5) is 35.6. The Morgan fingerprint density at radius 2 is 1.58 bits per heavy atom. The number of hydrogen-bond donors (Lipinski definition) is 2. The monoisotopic (exact) mass is 353 g/mol. The van der Waals surface area contributed by atoms with Gasteiger partial charge in [-0.25, -0.2) is 4.79 Å². The number of benzene rings is 2. The first-order valence-corrected chi connectivity index (χ1v) is 8.67. The molecule has 0 aliphatic heterocycles. The van der Waals surface area contributed by atoms with E-state index in [1.807, 2.05) is 49.4 Å². The van der Waals surface area contributed by atoms with E-state index < -0.39 is 17.9 Å². The molecule has 136 valence electrons. The zero-order valence-corrected chi connectivity index (χ0v) is 14.8. The van der Waals surface area contributed by atoms with Gasteiger partial charge in [0.1, 0.15) is 6.04 Å². The van der Waals surface area contributed by atoms with Crippen LogP contribution in [0.3, 0.4) is 0 Å². The molecule has 0 radical (unpaired) electrons. The number of rotatable bonds is 9. The van der Waals surface area contributed by atoms with E-state index in [0.29, 0.717) is 5.56 Å². The van der Waals surface area contributed by atoms with Gasteiger partial charge in [-0.15, -0.1) is 0 Å². The van der Waals surface area contributed by atoms with Crippen LogP contribution in [0.4, 0.5) is 0 Å². The maximum absolute atomic E-state index is 12.2. The Hall–Kier alpha value is -2.95. The van der Waals surface area contributed by atoms with E-state index >= 15 is 0 Å². The third-order valence-electron chi connectivity index (χ3n) is 4.18. The lowest BCUT2D eigenvalue weighted by Crippen LogP contribution is -2.42. The highest BCUT2D eigenvalue weighted by Gasteiger charge is 2.20. The van der Waals surface area contributed by atoms with E-state index in [0.717, 1.165) is 17.5 Å². The summed E-state index contributed by atoms with van der Waals surface area (Å²) in [5, 5.41) is 11.8. The Morgan fingerprint density at radius 1 is 0.923 bits per heavy atom. The van der Waals surface area contributed by atoms with Gasteiger partial charge in [-0.05, 0) is 17.5 Å². The fraction of sp³-hybridized carbons (Fsp3) is 0.286. The molecule has 0 fully saturated rings. The Kier molecular flexibility index (Phi) is 7.09. The fourth-order valence-electron chi connectivity index (χ4n) is 2.61. The van der Waals surface area contributed by atoms with Gasteiger partial charge in [0, 0.05) is 24.8 Å².